The van der Waals surface area contributed by atoms with Crippen LogP contribution < -0.4 is 4.90 Å². The number of aromatic nitrogens is 2. The number of hydrogen-bond acceptors (Lipinski definition) is 4. The Morgan fingerprint density at radius 2 is 1.94 bits per heavy atom. The minimum absolute atomic E-state index is 0.361. The van der Waals surface area contributed by atoms with Crippen molar-refractivity contribution in [1.29, 1.82) is 5.26 Å². The summed E-state index contributed by atoms with van der Waals surface area (Å²) >= 11 is 3.46. The second-order valence-corrected chi connectivity index (χ2v) is 4.78. The molecule has 1 heterocycles. The fraction of sp³-hybridized carbons (Fsp3) is 0.154. The average molecular weight is 303 g/mol. The van der Waals surface area contributed by atoms with E-state index in [2.05, 4.69) is 32.0 Å². The molecule has 0 spiro atoms. The molecule has 2 rings (SSSR count). The van der Waals surface area contributed by atoms with E-state index >= 15 is 0 Å². The molecule has 5 heteroatoms. The highest BCUT2D eigenvalue weighted by Gasteiger charge is 2.10. The van der Waals surface area contributed by atoms with Gasteiger partial charge in [-0.2, -0.15) is 5.26 Å². The summed E-state index contributed by atoms with van der Waals surface area (Å²) in [7, 11) is 3.76. The van der Waals surface area contributed by atoms with Crippen LogP contribution in [0.3, 0.4) is 0 Å². The largest absolute Gasteiger partial charge is 0.363 e. The first-order valence-electron chi connectivity index (χ1n) is 5.33. The lowest BCUT2D eigenvalue weighted by molar-refractivity contribution is 1.03. The molecule has 0 atom stereocenters. The SMILES string of the molecule is CN(C)c1cc(C#N)nc(-c2ccccc2Br)n1. The molecule has 18 heavy (non-hydrogen) atoms. The Morgan fingerprint density at radius 3 is 2.56 bits per heavy atom. The van der Waals surface area contributed by atoms with Crippen LogP contribution in [-0.2, 0) is 0 Å². The molecule has 0 saturated carbocycles. The van der Waals surface area contributed by atoms with Gasteiger partial charge in [-0.1, -0.05) is 34.1 Å². The summed E-state index contributed by atoms with van der Waals surface area (Å²) in [5.74, 6) is 1.26. The van der Waals surface area contributed by atoms with Crippen LogP contribution in [0.1, 0.15) is 5.69 Å². The van der Waals surface area contributed by atoms with Crippen molar-refractivity contribution < 1.29 is 0 Å². The molecule has 0 unspecified atom stereocenters. The molecule has 1 aromatic heterocycles. The molecule has 0 aliphatic rings. The number of halogens is 1. The van der Waals surface area contributed by atoms with Crippen molar-refractivity contribution in [2.75, 3.05) is 19.0 Å². The van der Waals surface area contributed by atoms with Gasteiger partial charge in [-0.25, -0.2) is 9.97 Å². The van der Waals surface area contributed by atoms with Crippen LogP contribution in [0.15, 0.2) is 34.8 Å². The van der Waals surface area contributed by atoms with Crippen LogP contribution in [0.25, 0.3) is 11.4 Å². The third kappa shape index (κ3) is 2.49. The number of anilines is 1. The van der Waals surface area contributed by atoms with Crippen LogP contribution in [-0.4, -0.2) is 24.1 Å². The second-order valence-electron chi connectivity index (χ2n) is 3.92. The normalized spacial score (nSPS) is 9.89. The first-order chi connectivity index (χ1) is 8.61. The minimum Gasteiger partial charge on any atom is -0.363 e. The fourth-order valence-corrected chi connectivity index (χ4v) is 1.95. The molecule has 0 bridgehead atoms. The van der Waals surface area contributed by atoms with Gasteiger partial charge in [-0.15, -0.1) is 0 Å². The van der Waals surface area contributed by atoms with E-state index in [4.69, 9.17) is 5.26 Å². The lowest BCUT2D eigenvalue weighted by Crippen LogP contribution is -2.12. The lowest BCUT2D eigenvalue weighted by Gasteiger charge is -2.13. The Balaban J connectivity index is 2.62. The number of nitriles is 1. The molecule has 2 aromatic rings. The van der Waals surface area contributed by atoms with Gasteiger partial charge in [0.25, 0.3) is 0 Å². The average Bonchev–Trinajstić information content (AvgIpc) is 2.38. The van der Waals surface area contributed by atoms with Crippen molar-refractivity contribution in [1.82, 2.24) is 9.97 Å². The van der Waals surface area contributed by atoms with Gasteiger partial charge in [0, 0.05) is 30.2 Å². The number of benzene rings is 1. The predicted octanol–water partition coefficient (Wildman–Crippen LogP) is 2.84. The Bertz CT molecular complexity index is 617. The van der Waals surface area contributed by atoms with Crippen molar-refractivity contribution >= 4 is 21.7 Å². The molecule has 0 radical (unpaired) electrons. The number of nitrogens with zero attached hydrogens (tertiary/aromatic N) is 4. The van der Waals surface area contributed by atoms with Crippen LogP contribution in [0.5, 0.6) is 0 Å². The van der Waals surface area contributed by atoms with Gasteiger partial charge in [0.15, 0.2) is 5.82 Å². The van der Waals surface area contributed by atoms with Crippen molar-refractivity contribution in [3.05, 3.63) is 40.5 Å². The molecule has 1 aromatic carbocycles. The Morgan fingerprint density at radius 1 is 1.22 bits per heavy atom. The van der Waals surface area contributed by atoms with E-state index < -0.39 is 0 Å². The van der Waals surface area contributed by atoms with E-state index in [-0.39, 0.29) is 0 Å². The topological polar surface area (TPSA) is 52.8 Å². The summed E-state index contributed by atoms with van der Waals surface area (Å²) in [5.41, 5.74) is 1.23. The molecule has 90 valence electrons. The monoisotopic (exact) mass is 302 g/mol. The highest BCUT2D eigenvalue weighted by molar-refractivity contribution is 9.10. The minimum atomic E-state index is 0.361. The highest BCUT2D eigenvalue weighted by Crippen LogP contribution is 2.26. The summed E-state index contributed by atoms with van der Waals surface area (Å²) in [4.78, 5) is 10.5. The maximum absolute atomic E-state index is 9.01. The standard InChI is InChI=1S/C13H11BrN4/c1-18(2)12-7-9(8-15)16-13(17-12)10-5-3-4-6-11(10)14/h3-7H,1-2H3. The zero-order valence-electron chi connectivity index (χ0n) is 10.1. The van der Waals surface area contributed by atoms with E-state index in [1.54, 1.807) is 6.07 Å². The maximum atomic E-state index is 9.01. The van der Waals surface area contributed by atoms with Crippen LogP contribution >= 0.6 is 15.9 Å². The van der Waals surface area contributed by atoms with Gasteiger partial charge in [-0.3, -0.25) is 0 Å². The van der Waals surface area contributed by atoms with Gasteiger partial charge in [0.05, 0.1) is 0 Å². The van der Waals surface area contributed by atoms with E-state index in [1.165, 1.54) is 0 Å². The van der Waals surface area contributed by atoms with Gasteiger partial charge in [-0.05, 0) is 6.07 Å². The number of rotatable bonds is 2. The smallest absolute Gasteiger partial charge is 0.164 e. The van der Waals surface area contributed by atoms with Crippen molar-refractivity contribution in [3.63, 3.8) is 0 Å². The first-order valence-corrected chi connectivity index (χ1v) is 6.12. The highest BCUT2D eigenvalue weighted by atomic mass is 79.9. The van der Waals surface area contributed by atoms with Crippen LogP contribution in [0, 0.1) is 11.3 Å². The first kappa shape index (κ1) is 12.5. The summed E-state index contributed by atoms with van der Waals surface area (Å²) in [6.07, 6.45) is 0. The Labute approximate surface area is 114 Å². The summed E-state index contributed by atoms with van der Waals surface area (Å²) in [5, 5.41) is 9.01. The molecule has 0 saturated heterocycles. The van der Waals surface area contributed by atoms with Gasteiger partial charge in [0.1, 0.15) is 17.6 Å². The molecule has 4 nitrogen and oxygen atoms in total. The van der Waals surface area contributed by atoms with Crippen molar-refractivity contribution in [2.45, 2.75) is 0 Å². The fourth-order valence-electron chi connectivity index (χ4n) is 1.48. The lowest BCUT2D eigenvalue weighted by atomic mass is 10.2. The third-order valence-corrected chi connectivity index (χ3v) is 3.09. The summed E-state index contributed by atoms with van der Waals surface area (Å²) in [6.45, 7) is 0. The Hall–Kier alpha value is -1.93. The van der Waals surface area contributed by atoms with E-state index in [0.29, 0.717) is 17.3 Å². The zero-order chi connectivity index (χ0) is 13.1. The zero-order valence-corrected chi connectivity index (χ0v) is 11.6. The second kappa shape index (κ2) is 5.15. The Kier molecular flexibility index (Phi) is 3.58. The van der Waals surface area contributed by atoms with Crippen LogP contribution in [0.2, 0.25) is 0 Å². The maximum Gasteiger partial charge on any atom is 0.164 e. The van der Waals surface area contributed by atoms with Gasteiger partial charge < -0.3 is 4.90 Å². The molecular weight excluding hydrogens is 292 g/mol. The predicted molar refractivity (Wildman–Crippen MR) is 74.2 cm³/mol. The van der Waals surface area contributed by atoms with Crippen LogP contribution in [0.4, 0.5) is 5.82 Å². The molecule has 0 amide bonds. The van der Waals surface area contributed by atoms with Gasteiger partial charge in [0.2, 0.25) is 0 Å². The van der Waals surface area contributed by atoms with E-state index in [0.717, 1.165) is 10.0 Å². The molecule has 0 fully saturated rings. The third-order valence-electron chi connectivity index (χ3n) is 2.40. The van der Waals surface area contributed by atoms with Crippen molar-refractivity contribution in [2.24, 2.45) is 0 Å². The molecule has 0 aliphatic carbocycles. The summed E-state index contributed by atoms with van der Waals surface area (Å²) < 4.78 is 0.907. The van der Waals surface area contributed by atoms with Gasteiger partial charge >= 0.3 is 0 Å². The molecule has 0 N–H and O–H groups in total. The molecule has 0 aliphatic heterocycles. The quantitative estimate of drug-likeness (QED) is 0.856. The molecular formula is C13H11BrN4. The van der Waals surface area contributed by atoms with Crippen molar-refractivity contribution in [3.8, 4) is 17.5 Å². The van der Waals surface area contributed by atoms with E-state index in [1.807, 2.05) is 43.3 Å². The number of hydrogen-bond donors (Lipinski definition) is 0. The van der Waals surface area contributed by atoms with E-state index in [9.17, 15) is 0 Å². The summed E-state index contributed by atoms with van der Waals surface area (Å²) in [6, 6.07) is 11.4.